The number of carbonyl (C=O) groups excluding carboxylic acids is 1. The summed E-state index contributed by atoms with van der Waals surface area (Å²) in [5.41, 5.74) is 0. The molecule has 0 heterocycles. The first-order valence-electron chi connectivity index (χ1n) is 3.14. The summed E-state index contributed by atoms with van der Waals surface area (Å²) in [7, 11) is 0. The van der Waals surface area contributed by atoms with Crippen LogP contribution in [-0.2, 0) is 9.53 Å². The van der Waals surface area contributed by atoms with Gasteiger partial charge in [0.25, 0.3) is 0 Å². The third kappa shape index (κ3) is 5.07. The highest BCUT2D eigenvalue weighted by Gasteiger charge is 1.89. The predicted octanol–water partition coefficient (Wildman–Crippen LogP) is 1.52. The van der Waals surface area contributed by atoms with E-state index in [1.165, 1.54) is 6.08 Å². The summed E-state index contributed by atoms with van der Waals surface area (Å²) < 4.78 is 4.62. The minimum Gasteiger partial charge on any atom is -0.463 e. The van der Waals surface area contributed by atoms with Crippen molar-refractivity contribution in [3.05, 3.63) is 12.2 Å². The van der Waals surface area contributed by atoms with Crippen LogP contribution in [0, 0.1) is 0 Å². The second kappa shape index (κ2) is 5.35. The van der Waals surface area contributed by atoms with Gasteiger partial charge in [0.05, 0.1) is 6.61 Å². The summed E-state index contributed by atoms with van der Waals surface area (Å²) in [5.74, 6) is -0.251. The molecule has 0 spiro atoms. The Bertz CT molecular complexity index is 105. The molecule has 0 aromatic heterocycles. The number of carbonyl (C=O) groups is 1. The molecule has 0 aromatic rings. The van der Waals surface area contributed by atoms with Crippen molar-refractivity contribution < 1.29 is 9.53 Å². The van der Waals surface area contributed by atoms with Crippen LogP contribution >= 0.6 is 0 Å². The summed E-state index contributed by atoms with van der Waals surface area (Å²) in [4.78, 5) is 10.5. The topological polar surface area (TPSA) is 26.3 Å². The van der Waals surface area contributed by atoms with Crippen LogP contribution in [0.3, 0.4) is 0 Å². The molecule has 2 heteroatoms. The third-order valence-electron chi connectivity index (χ3n) is 0.776. The van der Waals surface area contributed by atoms with E-state index >= 15 is 0 Å². The monoisotopic (exact) mass is 128 g/mol. The summed E-state index contributed by atoms with van der Waals surface area (Å²) in [6.45, 7) is 4.21. The van der Waals surface area contributed by atoms with Gasteiger partial charge in [-0.05, 0) is 13.3 Å². The van der Waals surface area contributed by atoms with E-state index in [1.807, 2.05) is 6.92 Å². The smallest absolute Gasteiger partial charge is 0.330 e. The van der Waals surface area contributed by atoms with Gasteiger partial charge in [-0.25, -0.2) is 4.79 Å². The van der Waals surface area contributed by atoms with Gasteiger partial charge in [-0.3, -0.25) is 0 Å². The summed E-state index contributed by atoms with van der Waals surface area (Å²) in [6, 6.07) is 0. The molecule has 0 amide bonds. The zero-order valence-electron chi connectivity index (χ0n) is 5.89. The molecule has 9 heavy (non-hydrogen) atoms. The Balaban J connectivity index is 3.37. The molecule has 0 fully saturated rings. The normalized spacial score (nSPS) is 10.0. The number of allylic oxidation sites excluding steroid dienone is 1. The quantitative estimate of drug-likeness (QED) is 0.425. The molecule has 0 atom stereocenters. The highest BCUT2D eigenvalue weighted by molar-refractivity contribution is 5.81. The largest absolute Gasteiger partial charge is 0.463 e. The van der Waals surface area contributed by atoms with E-state index in [9.17, 15) is 4.79 Å². The average Bonchev–Trinajstić information content (AvgIpc) is 1.85. The number of rotatable bonds is 3. The lowest BCUT2D eigenvalue weighted by atomic mass is 10.4. The number of hydrogen-bond donors (Lipinski definition) is 0. The lowest BCUT2D eigenvalue weighted by Crippen LogP contribution is -1.98. The van der Waals surface area contributed by atoms with Gasteiger partial charge in [-0.2, -0.15) is 0 Å². The van der Waals surface area contributed by atoms with E-state index in [-0.39, 0.29) is 5.97 Å². The van der Waals surface area contributed by atoms with Gasteiger partial charge in [0.1, 0.15) is 0 Å². The molecule has 0 unspecified atom stereocenters. The minimum absolute atomic E-state index is 0.251. The molecule has 2 nitrogen and oxygen atoms in total. The van der Waals surface area contributed by atoms with Gasteiger partial charge in [0.15, 0.2) is 0 Å². The molecule has 0 N–H and O–H groups in total. The van der Waals surface area contributed by atoms with Crippen molar-refractivity contribution in [2.24, 2.45) is 0 Å². The first kappa shape index (κ1) is 8.21. The maximum absolute atomic E-state index is 10.5. The Morgan fingerprint density at radius 2 is 2.22 bits per heavy atom. The van der Waals surface area contributed by atoms with E-state index in [2.05, 4.69) is 4.74 Å². The highest BCUT2D eigenvalue weighted by atomic mass is 16.5. The van der Waals surface area contributed by atoms with Gasteiger partial charge >= 0.3 is 5.97 Å². The molecule has 0 saturated heterocycles. The van der Waals surface area contributed by atoms with Gasteiger partial charge in [0.2, 0.25) is 0 Å². The molecular weight excluding hydrogens is 116 g/mol. The molecule has 0 rings (SSSR count). The molecule has 52 valence electrons. The Morgan fingerprint density at radius 1 is 1.56 bits per heavy atom. The highest BCUT2D eigenvalue weighted by Crippen LogP contribution is 1.83. The van der Waals surface area contributed by atoms with E-state index in [0.717, 1.165) is 6.42 Å². The van der Waals surface area contributed by atoms with Crippen molar-refractivity contribution in [1.29, 1.82) is 0 Å². The molecule has 0 aliphatic heterocycles. The SMILES string of the molecule is CCC=CC(=O)OCC. The first-order chi connectivity index (χ1) is 4.31. The Morgan fingerprint density at radius 3 is 2.67 bits per heavy atom. The maximum atomic E-state index is 10.5. The fourth-order valence-electron chi connectivity index (χ4n) is 0.404. The minimum atomic E-state index is -0.251. The summed E-state index contributed by atoms with van der Waals surface area (Å²) in [6.07, 6.45) is 4.10. The van der Waals surface area contributed by atoms with Crippen molar-refractivity contribution in [2.75, 3.05) is 6.61 Å². The van der Waals surface area contributed by atoms with Crippen molar-refractivity contribution >= 4 is 5.97 Å². The molecule has 0 aliphatic rings. The van der Waals surface area contributed by atoms with Crippen LogP contribution in [0.15, 0.2) is 12.2 Å². The van der Waals surface area contributed by atoms with Crippen LogP contribution in [0.2, 0.25) is 0 Å². The maximum Gasteiger partial charge on any atom is 0.330 e. The van der Waals surface area contributed by atoms with Crippen molar-refractivity contribution in [1.82, 2.24) is 0 Å². The molecule has 0 aliphatic carbocycles. The van der Waals surface area contributed by atoms with Crippen molar-refractivity contribution in [2.45, 2.75) is 20.3 Å². The second-order valence-corrected chi connectivity index (χ2v) is 1.56. The zero-order valence-corrected chi connectivity index (χ0v) is 5.89. The molecule has 0 bridgehead atoms. The summed E-state index contributed by atoms with van der Waals surface area (Å²) in [5, 5.41) is 0. The van der Waals surface area contributed by atoms with Crippen LogP contribution in [0.25, 0.3) is 0 Å². The lowest BCUT2D eigenvalue weighted by Gasteiger charge is -1.92. The van der Waals surface area contributed by atoms with Crippen LogP contribution < -0.4 is 0 Å². The predicted molar refractivity (Wildman–Crippen MR) is 36.1 cm³/mol. The number of esters is 1. The molecule has 0 radical (unpaired) electrons. The van der Waals surface area contributed by atoms with Crippen LogP contribution in [0.4, 0.5) is 0 Å². The van der Waals surface area contributed by atoms with E-state index < -0.39 is 0 Å². The van der Waals surface area contributed by atoms with E-state index in [4.69, 9.17) is 0 Å². The van der Waals surface area contributed by atoms with E-state index in [1.54, 1.807) is 13.0 Å². The lowest BCUT2D eigenvalue weighted by molar-refractivity contribution is -0.137. The van der Waals surface area contributed by atoms with Crippen molar-refractivity contribution in [3.63, 3.8) is 0 Å². The standard InChI is InChI=1S/C7H12O2/c1-3-5-6-7(8)9-4-2/h5-6H,3-4H2,1-2H3. The van der Waals surface area contributed by atoms with E-state index in [0.29, 0.717) is 6.61 Å². The number of hydrogen-bond acceptors (Lipinski definition) is 2. The van der Waals surface area contributed by atoms with Crippen LogP contribution in [-0.4, -0.2) is 12.6 Å². The van der Waals surface area contributed by atoms with Gasteiger partial charge < -0.3 is 4.74 Å². The average molecular weight is 128 g/mol. The fraction of sp³-hybridized carbons (Fsp3) is 0.571. The third-order valence-corrected chi connectivity index (χ3v) is 0.776. The van der Waals surface area contributed by atoms with Gasteiger partial charge in [-0.15, -0.1) is 0 Å². The van der Waals surface area contributed by atoms with Crippen molar-refractivity contribution in [3.8, 4) is 0 Å². The van der Waals surface area contributed by atoms with Crippen LogP contribution in [0.5, 0.6) is 0 Å². The zero-order chi connectivity index (χ0) is 7.11. The molecule has 0 aromatic carbocycles. The molecular formula is C7H12O2. The van der Waals surface area contributed by atoms with Gasteiger partial charge in [0, 0.05) is 6.08 Å². The van der Waals surface area contributed by atoms with Crippen LogP contribution in [0.1, 0.15) is 20.3 Å². The first-order valence-corrected chi connectivity index (χ1v) is 3.14. The Labute approximate surface area is 55.5 Å². The van der Waals surface area contributed by atoms with Gasteiger partial charge in [-0.1, -0.05) is 13.0 Å². The Kier molecular flexibility index (Phi) is 4.88. The summed E-state index contributed by atoms with van der Waals surface area (Å²) >= 11 is 0. The molecule has 0 saturated carbocycles. The Hall–Kier alpha value is -0.790. The fourth-order valence-corrected chi connectivity index (χ4v) is 0.404. The number of ether oxygens (including phenoxy) is 1. The second-order valence-electron chi connectivity index (χ2n) is 1.56.